The predicted octanol–water partition coefficient (Wildman–Crippen LogP) is 2.99. The number of anilines is 1. The fraction of sp³-hybridized carbons (Fsp3) is 0.118. The number of nitro groups is 1. The highest BCUT2D eigenvalue weighted by Crippen LogP contribution is 2.37. The fourth-order valence-corrected chi connectivity index (χ4v) is 3.27. The molecular weight excluding hydrogens is 392 g/mol. The summed E-state index contributed by atoms with van der Waals surface area (Å²) in [4.78, 5) is 48.8. The van der Waals surface area contributed by atoms with Gasteiger partial charge in [0.15, 0.2) is 11.6 Å². The highest BCUT2D eigenvalue weighted by Gasteiger charge is 2.39. The Bertz CT molecular complexity index is 968. The van der Waals surface area contributed by atoms with E-state index >= 15 is 0 Å². The van der Waals surface area contributed by atoms with Crippen LogP contribution >= 0.6 is 15.9 Å². The molecule has 1 N–H and O–H groups in total. The van der Waals surface area contributed by atoms with E-state index < -0.39 is 22.2 Å². The number of benzene rings is 2. The molecule has 0 atom stereocenters. The molecule has 3 rings (SSSR count). The van der Waals surface area contributed by atoms with Gasteiger partial charge in [-0.3, -0.25) is 24.5 Å². The Hall–Kier alpha value is -2.87. The van der Waals surface area contributed by atoms with Gasteiger partial charge in [-0.15, -0.1) is 0 Å². The fourth-order valence-electron chi connectivity index (χ4n) is 2.97. The third-order valence-electron chi connectivity index (χ3n) is 4.06. The van der Waals surface area contributed by atoms with Crippen molar-refractivity contribution in [1.29, 1.82) is 0 Å². The molecule has 25 heavy (non-hydrogen) atoms. The van der Waals surface area contributed by atoms with Gasteiger partial charge >= 0.3 is 0 Å². The van der Waals surface area contributed by atoms with Gasteiger partial charge in [-0.25, -0.2) is 0 Å². The number of hydrogen-bond donors (Lipinski definition) is 1. The second kappa shape index (κ2) is 6.21. The summed E-state index contributed by atoms with van der Waals surface area (Å²) in [5.41, 5.74) is -0.345. The Kier molecular flexibility index (Phi) is 4.22. The van der Waals surface area contributed by atoms with Gasteiger partial charge in [0.05, 0.1) is 15.8 Å². The second-order valence-corrected chi connectivity index (χ2v) is 5.89. The highest BCUT2D eigenvalue weighted by atomic mass is 79.9. The Balaban J connectivity index is 2.41. The standard InChI is InChI=1S/C17H11BrN2O5/c1-19-10-6-5-8(12(21)7-18)14-15(10)16(22)9-3-2-4-11(20(24)25)13(9)17(14)23/h2-6,19H,7H2,1H3. The lowest BCUT2D eigenvalue weighted by atomic mass is 9.79. The van der Waals surface area contributed by atoms with Crippen molar-refractivity contribution in [3.05, 3.63) is 68.3 Å². The summed E-state index contributed by atoms with van der Waals surface area (Å²) >= 11 is 3.05. The van der Waals surface area contributed by atoms with Crippen LogP contribution in [0.3, 0.4) is 0 Å². The average Bonchev–Trinajstić information content (AvgIpc) is 2.63. The van der Waals surface area contributed by atoms with Gasteiger partial charge in [0, 0.05) is 35.5 Å². The van der Waals surface area contributed by atoms with Gasteiger partial charge < -0.3 is 5.32 Å². The smallest absolute Gasteiger partial charge is 0.281 e. The van der Waals surface area contributed by atoms with Crippen molar-refractivity contribution in [1.82, 2.24) is 0 Å². The molecule has 0 saturated heterocycles. The van der Waals surface area contributed by atoms with Crippen molar-refractivity contribution in [2.24, 2.45) is 0 Å². The van der Waals surface area contributed by atoms with E-state index in [4.69, 9.17) is 0 Å². The number of carbonyl (C=O) groups is 3. The molecule has 0 bridgehead atoms. The molecule has 8 heteroatoms. The normalized spacial score (nSPS) is 12.4. The molecule has 0 heterocycles. The third-order valence-corrected chi connectivity index (χ3v) is 4.57. The summed E-state index contributed by atoms with van der Waals surface area (Å²) in [7, 11) is 1.59. The number of fused-ring (bicyclic) bond motifs is 2. The van der Waals surface area contributed by atoms with Gasteiger partial charge in [0.25, 0.3) is 5.69 Å². The van der Waals surface area contributed by atoms with Crippen LogP contribution in [0.4, 0.5) is 11.4 Å². The molecule has 7 nitrogen and oxygen atoms in total. The lowest BCUT2D eigenvalue weighted by Gasteiger charge is -2.22. The zero-order chi connectivity index (χ0) is 18.3. The minimum atomic E-state index is -0.705. The molecule has 1 aliphatic carbocycles. The maximum absolute atomic E-state index is 13.0. The zero-order valence-corrected chi connectivity index (χ0v) is 14.5. The van der Waals surface area contributed by atoms with Crippen LogP contribution in [-0.4, -0.2) is 34.7 Å². The average molecular weight is 403 g/mol. The van der Waals surface area contributed by atoms with Crippen LogP contribution in [0.25, 0.3) is 0 Å². The molecule has 0 fully saturated rings. The molecule has 2 aromatic carbocycles. The molecule has 0 unspecified atom stereocenters. The Morgan fingerprint density at radius 3 is 2.44 bits per heavy atom. The van der Waals surface area contributed by atoms with Crippen molar-refractivity contribution >= 4 is 44.7 Å². The SMILES string of the molecule is CNc1ccc(C(=O)CBr)c2c1C(=O)c1cccc([N+](=O)[O-])c1C2=O. The number of rotatable bonds is 4. The highest BCUT2D eigenvalue weighted by molar-refractivity contribution is 9.09. The summed E-state index contributed by atoms with van der Waals surface area (Å²) < 4.78 is 0. The first-order valence-corrected chi connectivity index (χ1v) is 8.35. The van der Waals surface area contributed by atoms with Gasteiger partial charge in [-0.1, -0.05) is 22.0 Å². The van der Waals surface area contributed by atoms with E-state index in [0.29, 0.717) is 5.69 Å². The molecule has 2 aromatic rings. The minimum absolute atomic E-state index is 0.0355. The number of nitro benzene ring substituents is 1. The molecule has 0 radical (unpaired) electrons. The number of ketones is 3. The van der Waals surface area contributed by atoms with Crippen molar-refractivity contribution in [2.45, 2.75) is 0 Å². The molecule has 126 valence electrons. The maximum Gasteiger partial charge on any atom is 0.281 e. The minimum Gasteiger partial charge on any atom is -0.388 e. The summed E-state index contributed by atoms with van der Waals surface area (Å²) in [5, 5.41) is 14.1. The number of carbonyl (C=O) groups excluding carboxylic acids is 3. The first-order valence-electron chi connectivity index (χ1n) is 7.23. The molecule has 0 aliphatic heterocycles. The lowest BCUT2D eigenvalue weighted by Crippen LogP contribution is -2.26. The van der Waals surface area contributed by atoms with Crippen LogP contribution in [0.1, 0.15) is 42.2 Å². The number of hydrogen-bond acceptors (Lipinski definition) is 6. The molecule has 0 aromatic heterocycles. The Labute approximate surface area is 150 Å². The number of alkyl halides is 1. The van der Waals surface area contributed by atoms with Crippen LogP contribution in [0.15, 0.2) is 30.3 Å². The van der Waals surface area contributed by atoms with E-state index in [-0.39, 0.29) is 38.9 Å². The largest absolute Gasteiger partial charge is 0.388 e. The molecule has 0 saturated carbocycles. The van der Waals surface area contributed by atoms with Crippen molar-refractivity contribution in [3.8, 4) is 0 Å². The Morgan fingerprint density at radius 2 is 1.84 bits per heavy atom. The topological polar surface area (TPSA) is 106 Å². The van der Waals surface area contributed by atoms with Gasteiger partial charge in [-0.2, -0.15) is 0 Å². The van der Waals surface area contributed by atoms with Crippen molar-refractivity contribution in [2.75, 3.05) is 17.7 Å². The van der Waals surface area contributed by atoms with Gasteiger partial charge in [0.2, 0.25) is 5.78 Å². The van der Waals surface area contributed by atoms with E-state index in [2.05, 4.69) is 21.2 Å². The number of halogens is 1. The molecule has 0 amide bonds. The predicted molar refractivity (Wildman–Crippen MR) is 94.1 cm³/mol. The first kappa shape index (κ1) is 17.0. The molecule has 0 spiro atoms. The number of nitrogens with one attached hydrogen (secondary N) is 1. The molecular formula is C17H11BrN2O5. The van der Waals surface area contributed by atoms with Gasteiger partial charge in [0.1, 0.15) is 5.56 Å². The van der Waals surface area contributed by atoms with Crippen LogP contribution < -0.4 is 5.32 Å². The van der Waals surface area contributed by atoms with Crippen molar-refractivity contribution in [3.63, 3.8) is 0 Å². The van der Waals surface area contributed by atoms with E-state index in [1.54, 1.807) is 13.1 Å². The number of Topliss-reactive ketones (excluding diaryl/α,β-unsaturated/α-hetero) is 1. The van der Waals surface area contributed by atoms with E-state index in [0.717, 1.165) is 0 Å². The van der Waals surface area contributed by atoms with E-state index in [1.165, 1.54) is 24.3 Å². The van der Waals surface area contributed by atoms with Crippen LogP contribution in [0, 0.1) is 10.1 Å². The lowest BCUT2D eigenvalue weighted by molar-refractivity contribution is -0.385. The summed E-state index contributed by atoms with van der Waals surface area (Å²) in [5.74, 6) is -1.61. The summed E-state index contributed by atoms with van der Waals surface area (Å²) in [6.45, 7) is 0. The van der Waals surface area contributed by atoms with E-state index in [1.807, 2.05) is 0 Å². The summed E-state index contributed by atoms with van der Waals surface area (Å²) in [6.07, 6.45) is 0. The summed E-state index contributed by atoms with van der Waals surface area (Å²) in [6, 6.07) is 6.90. The van der Waals surface area contributed by atoms with Crippen LogP contribution in [-0.2, 0) is 0 Å². The zero-order valence-electron chi connectivity index (χ0n) is 13.0. The molecule has 1 aliphatic rings. The van der Waals surface area contributed by atoms with Crippen LogP contribution in [0.2, 0.25) is 0 Å². The maximum atomic E-state index is 13.0. The first-order chi connectivity index (χ1) is 11.9. The number of nitrogens with zero attached hydrogens (tertiary/aromatic N) is 1. The Morgan fingerprint density at radius 1 is 1.12 bits per heavy atom. The van der Waals surface area contributed by atoms with Crippen molar-refractivity contribution < 1.29 is 19.3 Å². The monoisotopic (exact) mass is 402 g/mol. The van der Waals surface area contributed by atoms with E-state index in [9.17, 15) is 24.5 Å². The third kappa shape index (κ3) is 2.45. The van der Waals surface area contributed by atoms with Gasteiger partial charge in [-0.05, 0) is 18.2 Å². The van der Waals surface area contributed by atoms with Crippen LogP contribution in [0.5, 0.6) is 0 Å². The quantitative estimate of drug-likeness (QED) is 0.311. The second-order valence-electron chi connectivity index (χ2n) is 5.33.